The third-order valence-corrected chi connectivity index (χ3v) is 4.60. The number of nitrogens with two attached hydrogens (primary N) is 1. The molecule has 1 aliphatic rings. The maximum Gasteiger partial charge on any atom is 0.349 e. The van der Waals surface area contributed by atoms with Crippen LogP contribution in [-0.2, 0) is 4.79 Å². The van der Waals surface area contributed by atoms with Gasteiger partial charge in [0.05, 0.1) is 0 Å². The summed E-state index contributed by atoms with van der Waals surface area (Å²) in [5, 5.41) is 0.675. The molecule has 0 saturated carbocycles. The predicted octanol–water partition coefficient (Wildman–Crippen LogP) is 1.89. The molecule has 0 bridgehead atoms. The molecule has 0 atom stereocenters. The number of fused-ring (bicyclic) bond motifs is 1. The van der Waals surface area contributed by atoms with Gasteiger partial charge in [-0.3, -0.25) is 9.59 Å². The number of nitrogens with zero attached hydrogens (tertiary/aromatic N) is 1. The Kier molecular flexibility index (Phi) is 4.21. The summed E-state index contributed by atoms with van der Waals surface area (Å²) in [5.74, 6) is -0.918. The minimum atomic E-state index is -0.651. The number of carbonyl (C=O) groups excluding carboxylic acids is 2. The highest BCUT2D eigenvalue weighted by Crippen LogP contribution is 2.21. The van der Waals surface area contributed by atoms with Crippen molar-refractivity contribution in [3.63, 3.8) is 0 Å². The van der Waals surface area contributed by atoms with E-state index in [1.54, 1.807) is 29.2 Å². The lowest BCUT2D eigenvalue weighted by Crippen LogP contribution is -2.42. The molecule has 6 nitrogen and oxygen atoms in total. The number of amides is 2. The molecule has 2 N–H and O–H groups in total. The number of hydrogen-bond donors (Lipinski definition) is 1. The second-order valence-electron chi connectivity index (χ2n) is 5.60. The Bertz CT molecular complexity index is 838. The largest absolute Gasteiger partial charge is 0.422 e. The standard InChI is InChI=1S/C16H15BrN2O4/c17-11-1-2-13-10(7-11)8-12(16(22)23-13)15(21)19-5-3-9(4-6-19)14(18)20/h1-2,7-9H,3-6H2,(H2,18,20). The second kappa shape index (κ2) is 6.16. The van der Waals surface area contributed by atoms with Crippen LogP contribution in [0.15, 0.2) is 37.9 Å². The molecule has 1 saturated heterocycles. The van der Waals surface area contributed by atoms with E-state index in [1.165, 1.54) is 0 Å². The van der Waals surface area contributed by atoms with Gasteiger partial charge < -0.3 is 15.1 Å². The monoisotopic (exact) mass is 378 g/mol. The van der Waals surface area contributed by atoms with Crippen LogP contribution in [0.1, 0.15) is 23.2 Å². The molecular formula is C16H15BrN2O4. The lowest BCUT2D eigenvalue weighted by molar-refractivity contribution is -0.123. The van der Waals surface area contributed by atoms with E-state index >= 15 is 0 Å². The van der Waals surface area contributed by atoms with E-state index in [1.807, 2.05) is 0 Å². The zero-order chi connectivity index (χ0) is 16.6. The number of hydrogen-bond acceptors (Lipinski definition) is 4. The Balaban J connectivity index is 1.88. The van der Waals surface area contributed by atoms with Gasteiger partial charge in [0.15, 0.2) is 0 Å². The summed E-state index contributed by atoms with van der Waals surface area (Å²) < 4.78 is 6.05. The SMILES string of the molecule is NC(=O)C1CCN(C(=O)c2cc3cc(Br)ccc3oc2=O)CC1. The summed E-state index contributed by atoms with van der Waals surface area (Å²) >= 11 is 3.35. The Labute approximate surface area is 140 Å². The molecule has 1 aromatic heterocycles. The molecule has 0 aliphatic carbocycles. The Morgan fingerprint density at radius 2 is 1.91 bits per heavy atom. The highest BCUT2D eigenvalue weighted by molar-refractivity contribution is 9.10. The van der Waals surface area contributed by atoms with E-state index in [0.29, 0.717) is 36.9 Å². The number of primary amides is 1. The van der Waals surface area contributed by atoms with Crippen LogP contribution in [0.4, 0.5) is 0 Å². The summed E-state index contributed by atoms with van der Waals surface area (Å²) in [5.41, 5.74) is 5.08. The summed E-state index contributed by atoms with van der Waals surface area (Å²) in [6.07, 6.45) is 1.04. The van der Waals surface area contributed by atoms with Crippen molar-refractivity contribution in [1.82, 2.24) is 4.90 Å². The highest BCUT2D eigenvalue weighted by Gasteiger charge is 2.28. The first kappa shape index (κ1) is 15.7. The lowest BCUT2D eigenvalue weighted by Gasteiger charge is -2.30. The van der Waals surface area contributed by atoms with Crippen LogP contribution in [0.25, 0.3) is 11.0 Å². The minimum Gasteiger partial charge on any atom is -0.422 e. The zero-order valence-corrected chi connectivity index (χ0v) is 13.8. The fourth-order valence-corrected chi connectivity index (χ4v) is 3.16. The predicted molar refractivity (Wildman–Crippen MR) is 88.0 cm³/mol. The quantitative estimate of drug-likeness (QED) is 0.807. The first-order valence-corrected chi connectivity index (χ1v) is 8.07. The minimum absolute atomic E-state index is 0.00752. The van der Waals surface area contributed by atoms with Gasteiger partial charge in [0.2, 0.25) is 5.91 Å². The molecule has 2 heterocycles. The van der Waals surface area contributed by atoms with E-state index in [-0.39, 0.29) is 23.3 Å². The highest BCUT2D eigenvalue weighted by atomic mass is 79.9. The Hall–Kier alpha value is -2.15. The number of piperidine rings is 1. The second-order valence-corrected chi connectivity index (χ2v) is 6.51. The van der Waals surface area contributed by atoms with Crippen molar-refractivity contribution >= 4 is 38.7 Å². The molecule has 23 heavy (non-hydrogen) atoms. The maximum atomic E-state index is 12.6. The Morgan fingerprint density at radius 3 is 2.57 bits per heavy atom. The molecule has 3 rings (SSSR count). The summed E-state index contributed by atoms with van der Waals surface area (Å²) in [6.45, 7) is 0.810. The molecule has 1 aliphatic heterocycles. The fraction of sp³-hybridized carbons (Fsp3) is 0.312. The van der Waals surface area contributed by atoms with E-state index in [9.17, 15) is 14.4 Å². The third-order valence-electron chi connectivity index (χ3n) is 4.11. The number of rotatable bonds is 2. The van der Waals surface area contributed by atoms with Crippen molar-refractivity contribution in [3.8, 4) is 0 Å². The average Bonchev–Trinajstić information content (AvgIpc) is 2.54. The topological polar surface area (TPSA) is 93.6 Å². The van der Waals surface area contributed by atoms with E-state index < -0.39 is 5.63 Å². The van der Waals surface area contributed by atoms with E-state index in [2.05, 4.69) is 15.9 Å². The maximum absolute atomic E-state index is 12.6. The van der Waals surface area contributed by atoms with Gasteiger partial charge in [-0.25, -0.2) is 4.79 Å². The van der Waals surface area contributed by atoms with Crippen molar-refractivity contribution in [1.29, 1.82) is 0 Å². The first-order chi connectivity index (χ1) is 11.0. The van der Waals surface area contributed by atoms with Crippen molar-refractivity contribution in [2.24, 2.45) is 11.7 Å². The van der Waals surface area contributed by atoms with Gasteiger partial charge in [-0.1, -0.05) is 15.9 Å². The molecule has 0 spiro atoms. The van der Waals surface area contributed by atoms with Crippen LogP contribution in [-0.4, -0.2) is 29.8 Å². The smallest absolute Gasteiger partial charge is 0.349 e. The van der Waals surface area contributed by atoms with Crippen LogP contribution in [0.3, 0.4) is 0 Å². The fourth-order valence-electron chi connectivity index (χ4n) is 2.78. The van der Waals surface area contributed by atoms with Crippen molar-refractivity contribution in [2.75, 3.05) is 13.1 Å². The molecule has 0 unspecified atom stereocenters. The van der Waals surface area contributed by atoms with Crippen molar-refractivity contribution in [3.05, 3.63) is 44.7 Å². The van der Waals surface area contributed by atoms with Gasteiger partial charge in [0.1, 0.15) is 11.1 Å². The lowest BCUT2D eigenvalue weighted by atomic mass is 9.96. The van der Waals surface area contributed by atoms with Crippen molar-refractivity contribution < 1.29 is 14.0 Å². The van der Waals surface area contributed by atoms with Gasteiger partial charge in [-0.05, 0) is 37.1 Å². The molecule has 120 valence electrons. The number of carbonyl (C=O) groups is 2. The summed E-state index contributed by atoms with van der Waals surface area (Å²) in [7, 11) is 0. The van der Waals surface area contributed by atoms with Gasteiger partial charge >= 0.3 is 5.63 Å². The summed E-state index contributed by atoms with van der Waals surface area (Å²) in [4.78, 5) is 37.4. The Morgan fingerprint density at radius 1 is 1.22 bits per heavy atom. The van der Waals surface area contributed by atoms with E-state index in [0.717, 1.165) is 4.47 Å². The summed E-state index contributed by atoms with van der Waals surface area (Å²) in [6, 6.07) is 6.78. The molecule has 1 fully saturated rings. The molecule has 7 heteroatoms. The first-order valence-electron chi connectivity index (χ1n) is 7.27. The van der Waals surface area contributed by atoms with Gasteiger partial charge in [0.25, 0.3) is 5.91 Å². The molecular weight excluding hydrogens is 364 g/mol. The number of halogens is 1. The van der Waals surface area contributed by atoms with Gasteiger partial charge in [0, 0.05) is 28.9 Å². The van der Waals surface area contributed by atoms with E-state index in [4.69, 9.17) is 10.2 Å². The van der Waals surface area contributed by atoms with Crippen LogP contribution in [0.5, 0.6) is 0 Å². The molecule has 2 aromatic rings. The number of likely N-dealkylation sites (tertiary alicyclic amines) is 1. The third kappa shape index (κ3) is 3.14. The average molecular weight is 379 g/mol. The normalized spacial score (nSPS) is 15.8. The number of benzene rings is 1. The molecule has 1 aromatic carbocycles. The van der Waals surface area contributed by atoms with Crippen LogP contribution >= 0.6 is 15.9 Å². The van der Waals surface area contributed by atoms with Gasteiger partial charge in [-0.15, -0.1) is 0 Å². The van der Waals surface area contributed by atoms with Crippen LogP contribution in [0.2, 0.25) is 0 Å². The molecule has 0 radical (unpaired) electrons. The van der Waals surface area contributed by atoms with Crippen LogP contribution in [0, 0.1) is 5.92 Å². The van der Waals surface area contributed by atoms with Crippen molar-refractivity contribution in [2.45, 2.75) is 12.8 Å². The molecule has 2 amide bonds. The van der Waals surface area contributed by atoms with Crippen LogP contribution < -0.4 is 11.4 Å². The zero-order valence-electron chi connectivity index (χ0n) is 12.3. The van der Waals surface area contributed by atoms with Gasteiger partial charge in [-0.2, -0.15) is 0 Å².